The van der Waals surface area contributed by atoms with E-state index in [0.29, 0.717) is 5.56 Å². The number of benzene rings is 1. The van der Waals surface area contributed by atoms with E-state index in [1.807, 2.05) is 0 Å². The van der Waals surface area contributed by atoms with E-state index in [9.17, 15) is 18.3 Å². The molecular formula is C12H18N2O4S. The maximum atomic E-state index is 11.8. The molecule has 0 atom stereocenters. The van der Waals surface area contributed by atoms with Crippen molar-refractivity contribution in [1.82, 2.24) is 10.0 Å². The Hall–Kier alpha value is -1.60. The predicted molar refractivity (Wildman–Crippen MR) is 72.5 cm³/mol. The number of aromatic hydroxyl groups is 1. The van der Waals surface area contributed by atoms with Crippen LogP contribution in [0.2, 0.25) is 0 Å². The maximum absolute atomic E-state index is 11.8. The Morgan fingerprint density at radius 1 is 1.37 bits per heavy atom. The summed E-state index contributed by atoms with van der Waals surface area (Å²) in [6.45, 7) is 3.46. The van der Waals surface area contributed by atoms with Gasteiger partial charge in [-0.3, -0.25) is 4.79 Å². The standard InChI is InChI=1S/C12H18N2O4S/c1-12(2,14-19(3,17)18)8-13-11(16)9-5-4-6-10(15)7-9/h4-7,14-15H,8H2,1-3H3,(H,13,16). The maximum Gasteiger partial charge on any atom is 0.251 e. The molecule has 1 amide bonds. The van der Waals surface area contributed by atoms with E-state index in [4.69, 9.17) is 0 Å². The largest absolute Gasteiger partial charge is 0.508 e. The van der Waals surface area contributed by atoms with E-state index in [0.717, 1.165) is 6.26 Å². The first-order chi connectivity index (χ1) is 8.59. The summed E-state index contributed by atoms with van der Waals surface area (Å²) in [5.74, 6) is -0.375. The quantitative estimate of drug-likeness (QED) is 0.732. The van der Waals surface area contributed by atoms with E-state index in [1.165, 1.54) is 12.1 Å². The minimum Gasteiger partial charge on any atom is -0.508 e. The second kappa shape index (κ2) is 5.58. The predicted octanol–water partition coefficient (Wildman–Crippen LogP) is 0.450. The molecule has 0 aliphatic heterocycles. The zero-order valence-corrected chi connectivity index (χ0v) is 11.9. The number of carbonyl (C=O) groups is 1. The van der Waals surface area contributed by atoms with Gasteiger partial charge < -0.3 is 10.4 Å². The highest BCUT2D eigenvalue weighted by Gasteiger charge is 2.23. The van der Waals surface area contributed by atoms with Crippen molar-refractivity contribution in [3.05, 3.63) is 29.8 Å². The molecule has 0 heterocycles. The molecule has 1 aromatic rings. The third-order valence-corrected chi connectivity index (χ3v) is 3.18. The summed E-state index contributed by atoms with van der Waals surface area (Å²) < 4.78 is 24.7. The van der Waals surface area contributed by atoms with E-state index < -0.39 is 15.6 Å². The number of amides is 1. The fraction of sp³-hybridized carbons (Fsp3) is 0.417. The van der Waals surface area contributed by atoms with Crippen LogP contribution in [-0.2, 0) is 10.0 Å². The van der Waals surface area contributed by atoms with Gasteiger partial charge in [-0.05, 0) is 32.0 Å². The van der Waals surface area contributed by atoms with Crippen LogP contribution in [0.1, 0.15) is 24.2 Å². The molecule has 6 nitrogen and oxygen atoms in total. The van der Waals surface area contributed by atoms with Gasteiger partial charge in [0.2, 0.25) is 10.0 Å². The highest BCUT2D eigenvalue weighted by molar-refractivity contribution is 7.88. The molecule has 0 radical (unpaired) electrons. The van der Waals surface area contributed by atoms with Gasteiger partial charge in [-0.25, -0.2) is 13.1 Å². The molecular weight excluding hydrogens is 268 g/mol. The Morgan fingerprint density at radius 3 is 2.53 bits per heavy atom. The lowest BCUT2D eigenvalue weighted by Crippen LogP contribution is -2.50. The van der Waals surface area contributed by atoms with Gasteiger partial charge in [0.15, 0.2) is 0 Å². The molecule has 1 aromatic carbocycles. The summed E-state index contributed by atoms with van der Waals surface area (Å²) in [5, 5.41) is 11.9. The number of sulfonamides is 1. The van der Waals surface area contributed by atoms with Crippen LogP contribution in [0.5, 0.6) is 5.75 Å². The van der Waals surface area contributed by atoms with Crippen LogP contribution in [-0.4, -0.2) is 37.8 Å². The second-order valence-electron chi connectivity index (χ2n) is 4.99. The molecule has 106 valence electrons. The summed E-state index contributed by atoms with van der Waals surface area (Å²) in [5.41, 5.74) is -0.477. The van der Waals surface area contributed by atoms with Crippen LogP contribution in [0.25, 0.3) is 0 Å². The highest BCUT2D eigenvalue weighted by atomic mass is 32.2. The summed E-state index contributed by atoms with van der Waals surface area (Å²) in [6, 6.07) is 5.93. The Morgan fingerprint density at radius 2 is 2.00 bits per heavy atom. The smallest absolute Gasteiger partial charge is 0.251 e. The van der Waals surface area contributed by atoms with Gasteiger partial charge in [-0.1, -0.05) is 6.07 Å². The number of nitrogens with one attached hydrogen (secondary N) is 2. The van der Waals surface area contributed by atoms with Crippen molar-refractivity contribution in [3.63, 3.8) is 0 Å². The monoisotopic (exact) mass is 286 g/mol. The van der Waals surface area contributed by atoms with Crippen LogP contribution in [0.15, 0.2) is 24.3 Å². The van der Waals surface area contributed by atoms with Crippen molar-refractivity contribution >= 4 is 15.9 Å². The topological polar surface area (TPSA) is 95.5 Å². The second-order valence-corrected chi connectivity index (χ2v) is 6.74. The molecule has 0 saturated carbocycles. The first-order valence-electron chi connectivity index (χ1n) is 5.65. The highest BCUT2D eigenvalue weighted by Crippen LogP contribution is 2.11. The van der Waals surface area contributed by atoms with Gasteiger partial charge in [-0.2, -0.15) is 0 Å². The Labute approximate surface area is 112 Å². The zero-order valence-electron chi connectivity index (χ0n) is 11.1. The van der Waals surface area contributed by atoms with Gasteiger partial charge in [0.1, 0.15) is 5.75 Å². The van der Waals surface area contributed by atoms with Crippen LogP contribution in [0.4, 0.5) is 0 Å². The lowest BCUT2D eigenvalue weighted by Gasteiger charge is -2.25. The minimum atomic E-state index is -3.34. The first kappa shape index (κ1) is 15.5. The summed E-state index contributed by atoms with van der Waals surface area (Å²) >= 11 is 0. The number of carbonyl (C=O) groups excluding carboxylic acids is 1. The Balaban J connectivity index is 2.64. The summed E-state index contributed by atoms with van der Waals surface area (Å²) in [6.07, 6.45) is 1.06. The van der Waals surface area contributed by atoms with Gasteiger partial charge >= 0.3 is 0 Å². The molecule has 0 bridgehead atoms. The SMILES string of the molecule is CC(C)(CNC(=O)c1cccc(O)c1)NS(C)(=O)=O. The number of phenolic OH excluding ortho intramolecular Hbond substituents is 1. The van der Waals surface area contributed by atoms with Crippen LogP contribution in [0, 0.1) is 0 Å². The molecule has 19 heavy (non-hydrogen) atoms. The third-order valence-electron chi connectivity index (χ3n) is 2.26. The van der Waals surface area contributed by atoms with E-state index >= 15 is 0 Å². The Kier molecular flexibility index (Phi) is 4.54. The number of rotatable bonds is 5. The minimum absolute atomic E-state index is 0.00108. The van der Waals surface area contributed by atoms with Crippen molar-refractivity contribution in [1.29, 1.82) is 0 Å². The molecule has 0 spiro atoms. The van der Waals surface area contributed by atoms with Gasteiger partial charge in [0, 0.05) is 17.6 Å². The van der Waals surface area contributed by atoms with Gasteiger partial charge in [0.25, 0.3) is 5.91 Å². The molecule has 3 N–H and O–H groups in total. The normalized spacial score (nSPS) is 12.2. The number of hydrogen-bond donors (Lipinski definition) is 3. The molecule has 7 heteroatoms. The zero-order chi connectivity index (χ0) is 14.7. The summed E-state index contributed by atoms with van der Waals surface area (Å²) in [7, 11) is -3.34. The van der Waals surface area contributed by atoms with Crippen molar-refractivity contribution < 1.29 is 18.3 Å². The van der Waals surface area contributed by atoms with Crippen LogP contribution >= 0.6 is 0 Å². The summed E-state index contributed by atoms with van der Waals surface area (Å²) in [4.78, 5) is 11.8. The number of hydrogen-bond acceptors (Lipinski definition) is 4. The molecule has 0 saturated heterocycles. The Bertz CT molecular complexity index is 567. The molecule has 1 rings (SSSR count). The van der Waals surface area contributed by atoms with Gasteiger partial charge in [-0.15, -0.1) is 0 Å². The average molecular weight is 286 g/mol. The first-order valence-corrected chi connectivity index (χ1v) is 7.54. The number of phenols is 1. The lowest BCUT2D eigenvalue weighted by atomic mass is 10.1. The fourth-order valence-electron chi connectivity index (χ4n) is 1.59. The van der Waals surface area contributed by atoms with Crippen LogP contribution < -0.4 is 10.0 Å². The molecule has 0 aliphatic carbocycles. The average Bonchev–Trinajstić information content (AvgIpc) is 2.22. The van der Waals surface area contributed by atoms with Crippen molar-refractivity contribution in [2.24, 2.45) is 0 Å². The molecule has 0 unspecified atom stereocenters. The third kappa shape index (κ3) is 5.71. The molecule has 0 aliphatic rings. The molecule has 0 fully saturated rings. The van der Waals surface area contributed by atoms with Gasteiger partial charge in [0.05, 0.1) is 6.26 Å². The van der Waals surface area contributed by atoms with Crippen molar-refractivity contribution in [3.8, 4) is 5.75 Å². The fourth-order valence-corrected chi connectivity index (χ4v) is 2.66. The van der Waals surface area contributed by atoms with Crippen LogP contribution in [0.3, 0.4) is 0 Å². The lowest BCUT2D eigenvalue weighted by molar-refractivity contribution is 0.0944. The van der Waals surface area contributed by atoms with Crippen molar-refractivity contribution in [2.75, 3.05) is 12.8 Å². The van der Waals surface area contributed by atoms with E-state index in [-0.39, 0.29) is 18.2 Å². The van der Waals surface area contributed by atoms with E-state index in [1.54, 1.807) is 26.0 Å². The van der Waals surface area contributed by atoms with Crippen molar-refractivity contribution in [2.45, 2.75) is 19.4 Å². The molecule has 0 aromatic heterocycles. The van der Waals surface area contributed by atoms with E-state index in [2.05, 4.69) is 10.0 Å².